The van der Waals surface area contributed by atoms with Crippen LogP contribution in [0.5, 0.6) is 0 Å². The van der Waals surface area contributed by atoms with Crippen molar-refractivity contribution in [2.45, 2.75) is 32.6 Å². The van der Waals surface area contributed by atoms with Crippen molar-refractivity contribution < 1.29 is 4.79 Å². The Morgan fingerprint density at radius 3 is 2.60 bits per heavy atom. The van der Waals surface area contributed by atoms with E-state index in [4.69, 9.17) is 0 Å². The molecule has 1 N–H and O–H groups in total. The van der Waals surface area contributed by atoms with Crippen LogP contribution in [-0.4, -0.2) is 25.7 Å². The van der Waals surface area contributed by atoms with Gasteiger partial charge in [0, 0.05) is 18.0 Å². The molecule has 0 saturated carbocycles. The summed E-state index contributed by atoms with van der Waals surface area (Å²) < 4.78 is 0. The van der Waals surface area contributed by atoms with Crippen molar-refractivity contribution in [3.05, 3.63) is 82.8 Å². The van der Waals surface area contributed by atoms with E-state index >= 15 is 0 Å². The Morgan fingerprint density at radius 2 is 1.77 bits per heavy atom. The molecular weight excluding hydrogens is 374 g/mol. The van der Waals surface area contributed by atoms with E-state index in [1.807, 2.05) is 44.2 Å². The van der Waals surface area contributed by atoms with Gasteiger partial charge >= 0.3 is 0 Å². The highest BCUT2D eigenvalue weighted by molar-refractivity contribution is 5.98. The van der Waals surface area contributed by atoms with Gasteiger partial charge < -0.3 is 0 Å². The molecule has 0 radical (unpaired) electrons. The topological polar surface area (TPSA) is 80.7 Å². The van der Waals surface area contributed by atoms with Gasteiger partial charge in [0.05, 0.1) is 22.5 Å². The third-order valence-electron chi connectivity index (χ3n) is 5.58. The smallest absolute Gasteiger partial charge is 0.230 e. The van der Waals surface area contributed by atoms with Crippen LogP contribution in [-0.2, 0) is 6.42 Å². The molecule has 1 atom stereocenters. The Bertz CT molecular complexity index is 1270. The average Bonchev–Trinajstić information content (AvgIpc) is 2.74. The third-order valence-corrected chi connectivity index (χ3v) is 5.58. The lowest BCUT2D eigenvalue weighted by Gasteiger charge is -2.23. The Balaban J connectivity index is 1.46. The van der Waals surface area contributed by atoms with Gasteiger partial charge in [0.1, 0.15) is 0 Å². The van der Waals surface area contributed by atoms with Crippen LogP contribution in [0.1, 0.15) is 45.2 Å². The van der Waals surface area contributed by atoms with E-state index in [9.17, 15) is 4.79 Å². The fourth-order valence-electron chi connectivity index (χ4n) is 4.02. The van der Waals surface area contributed by atoms with Crippen molar-refractivity contribution in [3.8, 4) is 0 Å². The number of fused-ring (bicyclic) bond motifs is 2. The van der Waals surface area contributed by atoms with Crippen LogP contribution >= 0.6 is 0 Å². The lowest BCUT2D eigenvalue weighted by molar-refractivity contribution is 0.0962. The van der Waals surface area contributed by atoms with Crippen LogP contribution in [0, 0.1) is 13.8 Å². The van der Waals surface area contributed by atoms with Crippen molar-refractivity contribution in [1.29, 1.82) is 0 Å². The highest BCUT2D eigenvalue weighted by Crippen LogP contribution is 2.32. The summed E-state index contributed by atoms with van der Waals surface area (Å²) in [6.07, 6.45) is 2.81. The summed E-state index contributed by atoms with van der Waals surface area (Å²) in [5.74, 6) is 1.08. The Morgan fingerprint density at radius 1 is 0.933 bits per heavy atom. The Hall–Kier alpha value is -3.67. The number of aryl methyl sites for hydroxylation is 2. The molecular formula is C24H21N5O. The van der Waals surface area contributed by atoms with Gasteiger partial charge in [-0.2, -0.15) is 0 Å². The number of carbonyl (C=O) groups is 1. The number of hydrogen-bond donors (Lipinski definition) is 1. The van der Waals surface area contributed by atoms with Crippen LogP contribution in [0.15, 0.2) is 54.7 Å². The molecule has 0 unspecified atom stereocenters. The zero-order valence-electron chi connectivity index (χ0n) is 16.9. The molecule has 1 aliphatic rings. The molecule has 1 aliphatic carbocycles. The predicted molar refractivity (Wildman–Crippen MR) is 116 cm³/mol. The first-order chi connectivity index (χ1) is 14.6. The number of anilines is 2. The summed E-state index contributed by atoms with van der Waals surface area (Å²) in [6.45, 7) is 4.00. The van der Waals surface area contributed by atoms with Crippen molar-refractivity contribution in [1.82, 2.24) is 19.9 Å². The number of rotatable bonds is 3. The maximum absolute atomic E-state index is 12.6. The highest BCUT2D eigenvalue weighted by Gasteiger charge is 2.28. The minimum atomic E-state index is 0.0879. The molecule has 2 aromatic carbocycles. The fraction of sp³-hybridized carbons (Fsp3) is 0.208. The molecule has 0 bridgehead atoms. The van der Waals surface area contributed by atoms with E-state index in [0.717, 1.165) is 33.4 Å². The molecule has 2 heterocycles. The molecule has 0 saturated heterocycles. The monoisotopic (exact) mass is 395 g/mol. The lowest BCUT2D eigenvalue weighted by atomic mass is 9.82. The van der Waals surface area contributed by atoms with Crippen molar-refractivity contribution in [2.24, 2.45) is 0 Å². The number of hydrogen-bond acceptors (Lipinski definition) is 6. The number of nitrogens with zero attached hydrogens (tertiary/aromatic N) is 4. The minimum absolute atomic E-state index is 0.0879. The first kappa shape index (κ1) is 18.4. The number of carbonyl (C=O) groups excluding carboxylic acids is 1. The quantitative estimate of drug-likeness (QED) is 0.542. The number of aromatic nitrogens is 4. The summed E-state index contributed by atoms with van der Waals surface area (Å²) in [5, 5.41) is 4.14. The fourth-order valence-corrected chi connectivity index (χ4v) is 4.02. The second kappa shape index (κ2) is 7.30. The number of benzene rings is 2. The van der Waals surface area contributed by atoms with E-state index in [0.29, 0.717) is 30.3 Å². The first-order valence-corrected chi connectivity index (χ1v) is 10.0. The lowest BCUT2D eigenvalue weighted by Crippen LogP contribution is -2.21. The molecule has 6 heteroatoms. The molecule has 148 valence electrons. The second-order valence-corrected chi connectivity index (χ2v) is 7.77. The summed E-state index contributed by atoms with van der Waals surface area (Å²) in [5.41, 5.74) is 5.45. The number of Topliss-reactive ketones (excluding diaryl/α,β-unsaturated/α-hetero) is 1. The summed E-state index contributed by atoms with van der Waals surface area (Å²) in [6, 6.07) is 16.2. The van der Waals surface area contributed by atoms with Crippen LogP contribution < -0.4 is 5.32 Å². The van der Waals surface area contributed by atoms with Crippen molar-refractivity contribution >= 4 is 28.6 Å². The Labute approximate surface area is 174 Å². The molecule has 0 spiro atoms. The largest absolute Gasteiger partial charge is 0.294 e. The SMILES string of the molecule is Cc1ccc2c(C)nc(Nc3ncc4c(n3)C[C@@H](c3ccccc3)CC4=O)nc2c1. The minimum Gasteiger partial charge on any atom is -0.294 e. The van der Waals surface area contributed by atoms with E-state index < -0.39 is 0 Å². The van der Waals surface area contributed by atoms with Crippen molar-refractivity contribution in [3.63, 3.8) is 0 Å². The maximum Gasteiger partial charge on any atom is 0.230 e. The van der Waals surface area contributed by atoms with Gasteiger partial charge in [0.15, 0.2) is 5.78 Å². The number of nitrogens with one attached hydrogen (secondary N) is 1. The van der Waals surface area contributed by atoms with Crippen LogP contribution in [0.2, 0.25) is 0 Å². The second-order valence-electron chi connectivity index (χ2n) is 7.77. The molecule has 0 amide bonds. The normalized spacial score (nSPS) is 15.8. The number of ketones is 1. The third kappa shape index (κ3) is 3.41. The van der Waals surface area contributed by atoms with Gasteiger partial charge in [0.25, 0.3) is 0 Å². The summed E-state index contributed by atoms with van der Waals surface area (Å²) in [4.78, 5) is 30.8. The van der Waals surface area contributed by atoms with Gasteiger partial charge in [0.2, 0.25) is 11.9 Å². The molecule has 30 heavy (non-hydrogen) atoms. The van der Waals surface area contributed by atoms with Gasteiger partial charge in [-0.1, -0.05) is 42.5 Å². The van der Waals surface area contributed by atoms with Gasteiger partial charge in [-0.15, -0.1) is 0 Å². The molecule has 6 nitrogen and oxygen atoms in total. The first-order valence-electron chi connectivity index (χ1n) is 10.0. The van der Waals surface area contributed by atoms with Crippen LogP contribution in [0.4, 0.5) is 11.9 Å². The van der Waals surface area contributed by atoms with E-state index in [1.165, 1.54) is 0 Å². The molecule has 0 fully saturated rings. The van der Waals surface area contributed by atoms with E-state index in [1.54, 1.807) is 6.20 Å². The van der Waals surface area contributed by atoms with Gasteiger partial charge in [-0.3, -0.25) is 10.1 Å². The summed E-state index contributed by atoms with van der Waals surface area (Å²) >= 11 is 0. The molecule has 2 aromatic heterocycles. The standard InChI is InChI=1S/C24H21N5O/c1-14-8-9-18-15(2)26-24(28-20(18)10-14)29-23-25-13-19-21(27-23)11-17(12-22(19)30)16-6-4-3-5-7-16/h3-10,13,17H,11-12H2,1-2H3,(H,25,26,27,28,29)/t17-/m1/s1. The Kier molecular flexibility index (Phi) is 4.47. The average molecular weight is 395 g/mol. The zero-order chi connectivity index (χ0) is 20.7. The van der Waals surface area contributed by atoms with E-state index in [-0.39, 0.29) is 11.7 Å². The zero-order valence-corrected chi connectivity index (χ0v) is 16.9. The molecule has 5 rings (SSSR count). The van der Waals surface area contributed by atoms with Crippen LogP contribution in [0.25, 0.3) is 10.9 Å². The molecule has 4 aromatic rings. The van der Waals surface area contributed by atoms with E-state index in [2.05, 4.69) is 43.5 Å². The van der Waals surface area contributed by atoms with Gasteiger partial charge in [-0.25, -0.2) is 19.9 Å². The van der Waals surface area contributed by atoms with Gasteiger partial charge in [-0.05, 0) is 43.4 Å². The highest BCUT2D eigenvalue weighted by atomic mass is 16.1. The van der Waals surface area contributed by atoms with Crippen molar-refractivity contribution in [2.75, 3.05) is 5.32 Å². The molecule has 0 aliphatic heterocycles. The van der Waals surface area contributed by atoms with Crippen LogP contribution in [0.3, 0.4) is 0 Å². The summed E-state index contributed by atoms with van der Waals surface area (Å²) in [7, 11) is 0. The maximum atomic E-state index is 12.6. The predicted octanol–water partition coefficient (Wildman–Crippen LogP) is 4.69.